The molecule has 0 aliphatic heterocycles. The molecular formula is C22H26BrCl2N6O4P. The van der Waals surface area contributed by atoms with Crippen LogP contribution in [0.3, 0.4) is 0 Å². The number of nitrogens with one attached hydrogen (secondary N) is 2. The highest BCUT2D eigenvalue weighted by Crippen LogP contribution is 2.42. The molecule has 0 radical (unpaired) electrons. The molecule has 36 heavy (non-hydrogen) atoms. The number of alkyl halides is 2. The topological polar surface area (TPSA) is 132 Å². The van der Waals surface area contributed by atoms with Gasteiger partial charge in [0.1, 0.15) is 17.9 Å². The highest BCUT2D eigenvalue weighted by molar-refractivity contribution is 9.10. The lowest BCUT2D eigenvalue weighted by atomic mass is 10.1. The Morgan fingerprint density at radius 2 is 1.94 bits per heavy atom. The molecule has 10 nitrogen and oxygen atoms in total. The van der Waals surface area contributed by atoms with E-state index < -0.39 is 7.67 Å². The fourth-order valence-electron chi connectivity index (χ4n) is 3.30. The van der Waals surface area contributed by atoms with Gasteiger partial charge < -0.3 is 19.9 Å². The summed E-state index contributed by atoms with van der Waals surface area (Å²) in [5, 5.41) is 6.74. The van der Waals surface area contributed by atoms with E-state index in [1.54, 1.807) is 12.1 Å². The third kappa shape index (κ3) is 7.76. The molecule has 0 saturated heterocycles. The number of aromatic nitrogens is 2. The highest BCUT2D eigenvalue weighted by Gasteiger charge is 2.26. The number of nitrogens with two attached hydrogens (primary N) is 1. The molecule has 3 rings (SSSR count). The Morgan fingerprint density at radius 1 is 1.19 bits per heavy atom. The van der Waals surface area contributed by atoms with E-state index in [0.29, 0.717) is 28.2 Å². The molecule has 1 atom stereocenters. The monoisotopic (exact) mass is 618 g/mol. The van der Waals surface area contributed by atoms with Crippen LogP contribution in [0.15, 0.2) is 47.2 Å². The summed E-state index contributed by atoms with van der Waals surface area (Å²) in [6, 6.07) is 11.1. The number of anilines is 3. The van der Waals surface area contributed by atoms with Crippen LogP contribution in [-0.4, -0.2) is 59.1 Å². The third-order valence-electron chi connectivity index (χ3n) is 5.00. The van der Waals surface area contributed by atoms with E-state index in [-0.39, 0.29) is 43.8 Å². The maximum Gasteiger partial charge on any atom is 0.340 e. The van der Waals surface area contributed by atoms with Crippen molar-refractivity contribution < 1.29 is 18.6 Å². The van der Waals surface area contributed by atoms with Gasteiger partial charge in [-0.15, -0.1) is 23.2 Å². The maximum absolute atomic E-state index is 12.7. The summed E-state index contributed by atoms with van der Waals surface area (Å²) in [5.74, 6) is 1.02. The molecule has 0 aliphatic rings. The Balaban J connectivity index is 1.74. The molecule has 0 saturated carbocycles. The lowest BCUT2D eigenvalue weighted by Crippen LogP contribution is -2.30. The molecule has 4 N–H and O–H groups in total. The number of carbonyl (C=O) groups is 1. The van der Waals surface area contributed by atoms with E-state index >= 15 is 0 Å². The third-order valence-corrected chi connectivity index (χ3v) is 7.58. The van der Waals surface area contributed by atoms with Gasteiger partial charge >= 0.3 is 7.67 Å². The number of methoxy groups -OCH3 is 1. The standard InChI is InChI=1S/C22H26BrCl2N6O4P/c1-34-20-13-18-17(22(28-14-27-18)29-16-4-2-3-15(23)11-16)12-19(20)30-21(32)5-10-35-36(26,33)31(8-6-24)9-7-25/h2-4,11-14H,5-10H2,1H3,(H2,26,33)(H,30,32)(H,27,28,29). The molecule has 0 bridgehead atoms. The first-order chi connectivity index (χ1) is 17.3. The lowest BCUT2D eigenvalue weighted by molar-refractivity contribution is -0.116. The van der Waals surface area contributed by atoms with Gasteiger partial charge in [0.2, 0.25) is 5.91 Å². The number of amides is 1. The highest BCUT2D eigenvalue weighted by atomic mass is 79.9. The summed E-state index contributed by atoms with van der Waals surface area (Å²) in [6.45, 7) is 0.344. The molecule has 1 aromatic heterocycles. The average Bonchev–Trinajstić information content (AvgIpc) is 2.84. The van der Waals surface area contributed by atoms with Crippen molar-refractivity contribution in [1.29, 1.82) is 0 Å². The summed E-state index contributed by atoms with van der Waals surface area (Å²) in [4.78, 5) is 21.3. The number of hydrogen-bond acceptors (Lipinski definition) is 7. The molecule has 1 amide bonds. The van der Waals surface area contributed by atoms with E-state index in [9.17, 15) is 9.36 Å². The number of hydrogen-bond donors (Lipinski definition) is 3. The van der Waals surface area contributed by atoms with Gasteiger partial charge in [-0.25, -0.2) is 20.1 Å². The molecule has 3 aromatic rings. The number of halogens is 3. The number of carbonyl (C=O) groups excluding carboxylic acids is 1. The lowest BCUT2D eigenvalue weighted by Gasteiger charge is -2.26. The van der Waals surface area contributed by atoms with E-state index in [1.807, 2.05) is 24.3 Å². The van der Waals surface area contributed by atoms with Crippen LogP contribution in [0.2, 0.25) is 0 Å². The van der Waals surface area contributed by atoms with Gasteiger partial charge in [-0.1, -0.05) is 22.0 Å². The van der Waals surface area contributed by atoms with E-state index in [2.05, 4.69) is 36.5 Å². The summed E-state index contributed by atoms with van der Waals surface area (Å²) in [7, 11) is -2.14. The number of benzene rings is 2. The van der Waals surface area contributed by atoms with E-state index in [1.165, 1.54) is 18.1 Å². The minimum Gasteiger partial charge on any atom is -0.494 e. The second kappa shape index (κ2) is 13.5. The fraction of sp³-hybridized carbons (Fsp3) is 0.318. The van der Waals surface area contributed by atoms with Gasteiger partial charge in [-0.3, -0.25) is 9.36 Å². The maximum atomic E-state index is 12.7. The van der Waals surface area contributed by atoms with Crippen LogP contribution in [0.25, 0.3) is 10.9 Å². The zero-order valence-corrected chi connectivity index (χ0v) is 23.4. The normalized spacial score (nSPS) is 12.9. The van der Waals surface area contributed by atoms with Crippen molar-refractivity contribution in [1.82, 2.24) is 14.6 Å². The Kier molecular flexibility index (Phi) is 10.7. The largest absolute Gasteiger partial charge is 0.494 e. The number of nitrogens with zero attached hydrogens (tertiary/aromatic N) is 3. The first-order valence-electron chi connectivity index (χ1n) is 10.8. The zero-order chi connectivity index (χ0) is 26.1. The van der Waals surface area contributed by atoms with Crippen molar-refractivity contribution in [2.75, 3.05) is 49.2 Å². The summed E-state index contributed by atoms with van der Waals surface area (Å²) >= 11 is 14.9. The van der Waals surface area contributed by atoms with E-state index in [4.69, 9.17) is 38.0 Å². The van der Waals surface area contributed by atoms with Crippen LogP contribution in [0.1, 0.15) is 6.42 Å². The predicted octanol–water partition coefficient (Wildman–Crippen LogP) is 5.34. The van der Waals surface area contributed by atoms with Crippen molar-refractivity contribution in [3.8, 4) is 5.75 Å². The second-order valence-corrected chi connectivity index (χ2v) is 11.1. The molecule has 14 heteroatoms. The first-order valence-corrected chi connectivity index (χ1v) is 14.3. The fourth-order valence-corrected chi connectivity index (χ4v) is 5.62. The molecule has 194 valence electrons. The number of fused-ring (bicyclic) bond motifs is 1. The molecule has 2 aromatic carbocycles. The SMILES string of the molecule is COc1cc2ncnc(Nc3cccc(Br)c3)c2cc1NC(=O)CCOP(N)(=O)N(CCCl)CCCl. The van der Waals surface area contributed by atoms with Crippen LogP contribution >= 0.6 is 46.8 Å². The van der Waals surface area contributed by atoms with Gasteiger partial charge in [0, 0.05) is 46.5 Å². The molecule has 1 unspecified atom stereocenters. The van der Waals surface area contributed by atoms with Crippen LogP contribution in [0.5, 0.6) is 5.75 Å². The van der Waals surface area contributed by atoms with Gasteiger partial charge in [0.25, 0.3) is 0 Å². The summed E-state index contributed by atoms with van der Waals surface area (Å²) in [5.41, 5.74) is 7.71. The predicted molar refractivity (Wildman–Crippen MR) is 148 cm³/mol. The van der Waals surface area contributed by atoms with Gasteiger partial charge in [0.15, 0.2) is 0 Å². The van der Waals surface area contributed by atoms with Gasteiger partial charge in [0.05, 0.1) is 31.3 Å². The van der Waals surface area contributed by atoms with Crippen LogP contribution < -0.4 is 20.9 Å². The Labute approximate surface area is 227 Å². The Morgan fingerprint density at radius 3 is 2.61 bits per heavy atom. The minimum absolute atomic E-state index is 0.0909. The smallest absolute Gasteiger partial charge is 0.340 e. The van der Waals surface area contributed by atoms with Crippen molar-refractivity contribution in [2.24, 2.45) is 5.50 Å². The van der Waals surface area contributed by atoms with Crippen LogP contribution in [-0.2, 0) is 13.9 Å². The second-order valence-electron chi connectivity index (χ2n) is 7.45. The molecule has 0 fully saturated rings. The number of rotatable bonds is 13. The van der Waals surface area contributed by atoms with Crippen LogP contribution in [0, 0.1) is 0 Å². The summed E-state index contributed by atoms with van der Waals surface area (Å²) in [6.07, 6.45) is 1.35. The van der Waals surface area contributed by atoms with Crippen molar-refractivity contribution in [2.45, 2.75) is 6.42 Å². The Hall–Kier alpha value is -1.98. The quantitative estimate of drug-likeness (QED) is 0.171. The van der Waals surface area contributed by atoms with Crippen molar-refractivity contribution in [3.05, 3.63) is 47.2 Å². The minimum atomic E-state index is -3.63. The van der Waals surface area contributed by atoms with Crippen LogP contribution in [0.4, 0.5) is 17.2 Å². The molecular weight excluding hydrogens is 594 g/mol. The molecule has 1 heterocycles. The van der Waals surface area contributed by atoms with Crippen molar-refractivity contribution >= 4 is 80.8 Å². The van der Waals surface area contributed by atoms with Gasteiger partial charge in [-0.05, 0) is 24.3 Å². The summed E-state index contributed by atoms with van der Waals surface area (Å²) < 4.78 is 25.8. The zero-order valence-electron chi connectivity index (χ0n) is 19.4. The van der Waals surface area contributed by atoms with Crippen molar-refractivity contribution in [3.63, 3.8) is 0 Å². The van der Waals surface area contributed by atoms with E-state index in [0.717, 1.165) is 10.2 Å². The average molecular weight is 620 g/mol. The number of ether oxygens (including phenoxy) is 1. The first kappa shape index (κ1) is 28.6. The molecule has 0 spiro atoms. The molecule has 0 aliphatic carbocycles. The Bertz CT molecular complexity index is 1250. The van der Waals surface area contributed by atoms with Gasteiger partial charge in [-0.2, -0.15) is 0 Å².